The first-order valence-corrected chi connectivity index (χ1v) is 19.1. The average Bonchev–Trinajstić information content (AvgIpc) is 4.01. The van der Waals surface area contributed by atoms with Crippen LogP contribution in [0.25, 0.3) is 97.7 Å². The molecule has 8 aromatic carbocycles. The van der Waals surface area contributed by atoms with Gasteiger partial charge in [-0.05, 0) is 77.9 Å². The second-order valence-corrected chi connectivity index (χ2v) is 15.0. The molecule has 0 saturated carbocycles. The van der Waals surface area contributed by atoms with Crippen molar-refractivity contribution >= 4 is 104 Å². The Morgan fingerprint density at radius 1 is 0.400 bits per heavy atom. The van der Waals surface area contributed by atoms with E-state index in [1.807, 2.05) is 30.3 Å². The molecule has 0 aliphatic carbocycles. The zero-order valence-electron chi connectivity index (χ0n) is 29.2. The fraction of sp³-hybridized carbons (Fsp3) is 0. The molecule has 0 unspecified atom stereocenters. The van der Waals surface area contributed by atoms with E-state index < -0.39 is 0 Å². The Morgan fingerprint density at radius 2 is 1.02 bits per heavy atom. The zero-order chi connectivity index (χ0) is 36.0. The molecule has 0 N–H and O–H groups in total. The lowest BCUT2D eigenvalue weighted by Crippen LogP contribution is -2.09. The van der Waals surface area contributed by atoms with Crippen LogP contribution in [0.15, 0.2) is 183 Å². The number of aromatic nitrogens is 1. The van der Waals surface area contributed by atoms with Gasteiger partial charge >= 0.3 is 0 Å². The number of para-hydroxylation sites is 2. The third kappa shape index (κ3) is 4.75. The van der Waals surface area contributed by atoms with Crippen LogP contribution in [0.5, 0.6) is 0 Å². The molecule has 0 spiro atoms. The largest absolute Gasteiger partial charge is 0.456 e. The number of hydrogen-bond acceptors (Lipinski definition) is 6. The first kappa shape index (κ1) is 30.3. The smallest absolute Gasteiger partial charge is 0.137 e. The third-order valence-corrected chi connectivity index (χ3v) is 11.8. The van der Waals surface area contributed by atoms with E-state index in [0.29, 0.717) is 0 Å². The maximum Gasteiger partial charge on any atom is 0.137 e. The number of thiazole rings is 1. The summed E-state index contributed by atoms with van der Waals surface area (Å²) < 4.78 is 20.2. The van der Waals surface area contributed by atoms with Gasteiger partial charge in [0.25, 0.3) is 0 Å². The average molecular weight is 725 g/mol. The molecule has 0 atom stereocenters. The van der Waals surface area contributed by atoms with Crippen LogP contribution < -0.4 is 4.90 Å². The summed E-state index contributed by atoms with van der Waals surface area (Å²) in [6, 6.07) is 59.1. The molecule has 4 aromatic heterocycles. The first-order valence-electron chi connectivity index (χ1n) is 18.3. The van der Waals surface area contributed by atoms with E-state index in [9.17, 15) is 0 Å². The normalized spacial score (nSPS) is 12.0. The lowest BCUT2D eigenvalue weighted by molar-refractivity contribution is 0.668. The Bertz CT molecular complexity index is 3440. The summed E-state index contributed by atoms with van der Waals surface area (Å²) in [7, 11) is 0. The Balaban J connectivity index is 0.999. The molecule has 12 rings (SSSR count). The van der Waals surface area contributed by atoms with Crippen molar-refractivity contribution in [2.75, 3.05) is 4.90 Å². The Labute approximate surface area is 317 Å². The quantitative estimate of drug-likeness (QED) is 0.177. The van der Waals surface area contributed by atoms with Crippen LogP contribution in [0.1, 0.15) is 0 Å². The van der Waals surface area contributed by atoms with Gasteiger partial charge in [0.15, 0.2) is 0 Å². The van der Waals surface area contributed by atoms with Gasteiger partial charge < -0.3 is 18.2 Å². The van der Waals surface area contributed by atoms with Gasteiger partial charge in [0.2, 0.25) is 0 Å². The van der Waals surface area contributed by atoms with Crippen molar-refractivity contribution in [1.29, 1.82) is 0 Å². The number of rotatable bonds is 5. The van der Waals surface area contributed by atoms with E-state index in [0.717, 1.165) is 115 Å². The molecule has 0 radical (unpaired) electrons. The van der Waals surface area contributed by atoms with Gasteiger partial charge in [-0.2, -0.15) is 0 Å². The van der Waals surface area contributed by atoms with Crippen molar-refractivity contribution in [2.45, 2.75) is 0 Å². The van der Waals surface area contributed by atoms with Gasteiger partial charge in [0, 0.05) is 67.1 Å². The zero-order valence-corrected chi connectivity index (χ0v) is 30.0. The second kappa shape index (κ2) is 11.7. The Hall–Kier alpha value is -7.15. The van der Waals surface area contributed by atoms with Gasteiger partial charge in [-0.1, -0.05) is 91.0 Å². The molecule has 4 heterocycles. The molecule has 0 fully saturated rings. The summed E-state index contributed by atoms with van der Waals surface area (Å²) in [6.45, 7) is 0. The predicted octanol–water partition coefficient (Wildman–Crippen LogP) is 14.8. The van der Waals surface area contributed by atoms with Crippen LogP contribution in [-0.2, 0) is 0 Å². The highest BCUT2D eigenvalue weighted by molar-refractivity contribution is 7.21. The van der Waals surface area contributed by atoms with Crippen molar-refractivity contribution in [3.63, 3.8) is 0 Å². The van der Waals surface area contributed by atoms with Gasteiger partial charge in [-0.3, -0.25) is 0 Å². The number of hydrogen-bond donors (Lipinski definition) is 0. The van der Waals surface area contributed by atoms with E-state index in [4.69, 9.17) is 18.2 Å². The van der Waals surface area contributed by atoms with E-state index >= 15 is 0 Å². The molecule has 0 aliphatic rings. The van der Waals surface area contributed by atoms with Crippen LogP contribution in [0, 0.1) is 0 Å². The minimum atomic E-state index is 0.839. The van der Waals surface area contributed by atoms with Crippen LogP contribution in [0.2, 0.25) is 0 Å². The highest BCUT2D eigenvalue weighted by Gasteiger charge is 2.20. The number of benzene rings is 8. The number of furan rings is 3. The van der Waals surface area contributed by atoms with Crippen LogP contribution in [-0.4, -0.2) is 4.98 Å². The lowest BCUT2D eigenvalue weighted by Gasteiger charge is -2.26. The van der Waals surface area contributed by atoms with Crippen LogP contribution >= 0.6 is 11.3 Å². The fourth-order valence-corrected chi connectivity index (χ4v) is 9.13. The van der Waals surface area contributed by atoms with Crippen molar-refractivity contribution in [1.82, 2.24) is 4.98 Å². The van der Waals surface area contributed by atoms with Gasteiger partial charge in [-0.15, -0.1) is 11.3 Å². The lowest BCUT2D eigenvalue weighted by atomic mass is 9.99. The molecule has 12 aromatic rings. The molecular weight excluding hydrogens is 697 g/mol. The summed E-state index contributed by atoms with van der Waals surface area (Å²) in [5.41, 5.74) is 12.5. The van der Waals surface area contributed by atoms with Crippen molar-refractivity contribution in [2.24, 2.45) is 0 Å². The van der Waals surface area contributed by atoms with Gasteiger partial charge in [-0.25, -0.2) is 4.98 Å². The minimum absolute atomic E-state index is 0.839. The first-order chi connectivity index (χ1) is 27.2. The maximum absolute atomic E-state index is 6.47. The highest BCUT2D eigenvalue weighted by Crippen LogP contribution is 2.44. The molecule has 0 saturated heterocycles. The maximum atomic E-state index is 6.47. The molecular formula is C49H28N2O3S. The second-order valence-electron chi connectivity index (χ2n) is 13.9. The van der Waals surface area contributed by atoms with Crippen LogP contribution in [0.4, 0.5) is 17.1 Å². The number of fused-ring (bicyclic) bond motifs is 10. The number of anilines is 3. The molecule has 6 heteroatoms. The van der Waals surface area contributed by atoms with E-state index in [2.05, 4.69) is 144 Å². The van der Waals surface area contributed by atoms with E-state index in [-0.39, 0.29) is 0 Å². The van der Waals surface area contributed by atoms with Crippen LogP contribution in [0.3, 0.4) is 0 Å². The number of nitrogens with zero attached hydrogens (tertiary/aromatic N) is 2. The fourth-order valence-electron chi connectivity index (χ4n) is 8.14. The SMILES string of the molecule is c1ccc(-c2nc3cc4oc5cccc(-c6ccc(N(c7ccc8c(c7)oc7ccccc78)c7ccc8oc9ccccc9c8c7)cc6)c5c4cc3s2)cc1. The summed E-state index contributed by atoms with van der Waals surface area (Å²) in [6.07, 6.45) is 0. The molecule has 0 amide bonds. The minimum Gasteiger partial charge on any atom is -0.456 e. The predicted molar refractivity (Wildman–Crippen MR) is 227 cm³/mol. The highest BCUT2D eigenvalue weighted by atomic mass is 32.1. The molecule has 258 valence electrons. The molecule has 0 bridgehead atoms. The van der Waals surface area contributed by atoms with Crippen molar-refractivity contribution in [3.8, 4) is 21.7 Å². The third-order valence-electron chi connectivity index (χ3n) is 10.7. The summed E-state index contributed by atoms with van der Waals surface area (Å²) in [4.78, 5) is 7.25. The Morgan fingerprint density at radius 3 is 1.85 bits per heavy atom. The molecule has 0 aliphatic heterocycles. The summed E-state index contributed by atoms with van der Waals surface area (Å²) in [5.74, 6) is 0. The van der Waals surface area contributed by atoms with Gasteiger partial charge in [0.1, 0.15) is 38.5 Å². The molecule has 55 heavy (non-hydrogen) atoms. The topological polar surface area (TPSA) is 55.6 Å². The monoisotopic (exact) mass is 724 g/mol. The van der Waals surface area contributed by atoms with E-state index in [1.54, 1.807) is 11.3 Å². The summed E-state index contributed by atoms with van der Waals surface area (Å²) >= 11 is 1.71. The van der Waals surface area contributed by atoms with Crippen molar-refractivity contribution in [3.05, 3.63) is 170 Å². The van der Waals surface area contributed by atoms with Gasteiger partial charge in [0.05, 0.1) is 10.2 Å². The van der Waals surface area contributed by atoms with Crippen molar-refractivity contribution < 1.29 is 13.3 Å². The standard InChI is InChI=1S/C49H28N2O3S/c1-2-9-30(10-3-1)49-50-40-28-46-39(27-47(40)55-49)48-34(13-8-16-44(48)54-46)29-17-19-31(20-18-29)51(32-22-24-43-38(25-32)36-12-5-7-15-42(36)52-43)33-21-23-37-35-11-4-6-14-41(35)53-45(37)26-33/h1-28H. The summed E-state index contributed by atoms with van der Waals surface area (Å²) in [5, 5.41) is 7.57. The molecule has 5 nitrogen and oxygen atoms in total. The van der Waals surface area contributed by atoms with E-state index in [1.165, 1.54) is 0 Å². The Kier molecular flexibility index (Phi) is 6.44.